The van der Waals surface area contributed by atoms with Crippen LogP contribution in [0.5, 0.6) is 0 Å². The van der Waals surface area contributed by atoms with E-state index in [2.05, 4.69) is 20.8 Å². The number of rotatable bonds is 6. The van der Waals surface area contributed by atoms with E-state index in [0.29, 0.717) is 30.9 Å². The summed E-state index contributed by atoms with van der Waals surface area (Å²) >= 11 is 0. The molecule has 0 saturated carbocycles. The molecule has 1 aromatic heterocycles. The zero-order chi connectivity index (χ0) is 20.1. The highest BCUT2D eigenvalue weighted by Gasteiger charge is 2.33. The Morgan fingerprint density at radius 1 is 0.966 bits per heavy atom. The molecular weight excluding hydrogens is 366 g/mol. The summed E-state index contributed by atoms with van der Waals surface area (Å²) in [4.78, 5) is 26.7. The molecule has 2 amide bonds. The van der Waals surface area contributed by atoms with Gasteiger partial charge in [-0.2, -0.15) is 5.10 Å². The van der Waals surface area contributed by atoms with Crippen molar-refractivity contribution in [1.29, 1.82) is 0 Å². The fourth-order valence-electron chi connectivity index (χ4n) is 3.12. The van der Waals surface area contributed by atoms with E-state index in [1.807, 2.05) is 47.4 Å². The quantitative estimate of drug-likeness (QED) is 0.679. The topological polar surface area (TPSA) is 87.2 Å². The monoisotopic (exact) mass is 387 g/mol. The van der Waals surface area contributed by atoms with Crippen LogP contribution < -0.4 is 15.5 Å². The van der Waals surface area contributed by atoms with E-state index in [0.717, 1.165) is 11.4 Å². The third kappa shape index (κ3) is 4.57. The minimum Gasteiger partial charge on any atom is -0.353 e. The first kappa shape index (κ1) is 18.6. The molecule has 0 aliphatic carbocycles. The molecular formula is C22H21N5O2. The molecule has 1 fully saturated rings. The SMILES string of the molecule is O=C(NCc1ccccc1)c1ccc(NC(=O)C2CN(c3cccnn3)C2)cc1. The molecule has 2 aromatic carbocycles. The maximum absolute atomic E-state index is 12.4. The maximum atomic E-state index is 12.4. The number of benzene rings is 2. The van der Waals surface area contributed by atoms with Crippen molar-refractivity contribution in [3.8, 4) is 0 Å². The van der Waals surface area contributed by atoms with Crippen molar-refractivity contribution in [1.82, 2.24) is 15.5 Å². The summed E-state index contributed by atoms with van der Waals surface area (Å²) < 4.78 is 0. The van der Waals surface area contributed by atoms with Gasteiger partial charge in [-0.25, -0.2) is 0 Å². The molecule has 0 unspecified atom stereocenters. The van der Waals surface area contributed by atoms with Crippen molar-refractivity contribution in [3.63, 3.8) is 0 Å². The number of carbonyl (C=O) groups is 2. The smallest absolute Gasteiger partial charge is 0.251 e. The van der Waals surface area contributed by atoms with Gasteiger partial charge in [-0.1, -0.05) is 30.3 Å². The first-order chi connectivity index (χ1) is 14.2. The van der Waals surface area contributed by atoms with E-state index >= 15 is 0 Å². The Labute approximate surface area is 168 Å². The van der Waals surface area contributed by atoms with Gasteiger partial charge in [0.25, 0.3) is 5.91 Å². The van der Waals surface area contributed by atoms with E-state index in [9.17, 15) is 9.59 Å². The number of nitrogens with one attached hydrogen (secondary N) is 2. The van der Waals surface area contributed by atoms with Crippen LogP contribution in [0.4, 0.5) is 11.5 Å². The van der Waals surface area contributed by atoms with E-state index in [1.54, 1.807) is 30.5 Å². The van der Waals surface area contributed by atoms with Crippen LogP contribution in [-0.4, -0.2) is 35.1 Å². The molecule has 146 valence electrons. The van der Waals surface area contributed by atoms with Gasteiger partial charge < -0.3 is 15.5 Å². The van der Waals surface area contributed by atoms with Crippen LogP contribution in [0.15, 0.2) is 72.9 Å². The number of amides is 2. The minimum absolute atomic E-state index is 0.0357. The summed E-state index contributed by atoms with van der Waals surface area (Å²) in [6, 6.07) is 20.4. The molecule has 0 radical (unpaired) electrons. The predicted molar refractivity (Wildman–Crippen MR) is 110 cm³/mol. The Balaban J connectivity index is 1.26. The summed E-state index contributed by atoms with van der Waals surface area (Å²) in [5.41, 5.74) is 2.27. The van der Waals surface area contributed by atoms with Gasteiger partial charge in [-0.05, 0) is 42.0 Å². The van der Waals surface area contributed by atoms with Crippen molar-refractivity contribution in [2.24, 2.45) is 5.92 Å². The lowest BCUT2D eigenvalue weighted by molar-refractivity contribution is -0.120. The van der Waals surface area contributed by atoms with E-state index in [1.165, 1.54) is 0 Å². The Morgan fingerprint density at radius 3 is 2.41 bits per heavy atom. The van der Waals surface area contributed by atoms with E-state index in [-0.39, 0.29) is 17.7 Å². The first-order valence-corrected chi connectivity index (χ1v) is 9.45. The summed E-state index contributed by atoms with van der Waals surface area (Å²) in [6.07, 6.45) is 1.62. The van der Waals surface area contributed by atoms with Crippen LogP contribution in [0.2, 0.25) is 0 Å². The molecule has 1 saturated heterocycles. The third-order valence-corrected chi connectivity index (χ3v) is 4.85. The zero-order valence-electron chi connectivity index (χ0n) is 15.8. The van der Waals surface area contributed by atoms with Gasteiger partial charge in [0.1, 0.15) is 0 Å². The largest absolute Gasteiger partial charge is 0.353 e. The summed E-state index contributed by atoms with van der Waals surface area (Å²) in [6.45, 7) is 1.71. The highest BCUT2D eigenvalue weighted by atomic mass is 16.2. The van der Waals surface area contributed by atoms with Crippen LogP contribution in [-0.2, 0) is 11.3 Å². The highest BCUT2D eigenvalue weighted by Crippen LogP contribution is 2.23. The fourth-order valence-corrected chi connectivity index (χ4v) is 3.12. The molecule has 0 atom stereocenters. The Morgan fingerprint density at radius 2 is 1.72 bits per heavy atom. The molecule has 7 heteroatoms. The van der Waals surface area contributed by atoms with Crippen LogP contribution in [0, 0.1) is 5.92 Å². The minimum atomic E-state index is -0.148. The number of hydrogen-bond donors (Lipinski definition) is 2. The second kappa shape index (κ2) is 8.52. The Bertz CT molecular complexity index is 971. The summed E-state index contributed by atoms with van der Waals surface area (Å²) in [5.74, 6) is 0.505. The first-order valence-electron chi connectivity index (χ1n) is 9.45. The Hall–Kier alpha value is -3.74. The van der Waals surface area contributed by atoms with E-state index in [4.69, 9.17) is 0 Å². The van der Waals surface area contributed by atoms with Gasteiger partial charge in [0.15, 0.2) is 5.82 Å². The molecule has 2 N–H and O–H groups in total. The summed E-state index contributed by atoms with van der Waals surface area (Å²) in [5, 5.41) is 13.7. The second-order valence-corrected chi connectivity index (χ2v) is 6.92. The molecule has 0 spiro atoms. The number of nitrogens with zero attached hydrogens (tertiary/aromatic N) is 3. The standard InChI is InChI=1S/C22H21N5O2/c28-21(23-13-16-5-2-1-3-6-16)17-8-10-19(11-9-17)25-22(29)18-14-27(15-18)20-7-4-12-24-26-20/h1-12,18H,13-15H2,(H,23,28)(H,25,29). The van der Waals surface area contributed by atoms with Crippen molar-refractivity contribution in [3.05, 3.63) is 84.1 Å². The lowest BCUT2D eigenvalue weighted by atomic mass is 9.99. The van der Waals surface area contributed by atoms with Crippen molar-refractivity contribution >= 4 is 23.3 Å². The third-order valence-electron chi connectivity index (χ3n) is 4.85. The number of hydrogen-bond acceptors (Lipinski definition) is 5. The van der Waals surface area contributed by atoms with Gasteiger partial charge >= 0.3 is 0 Å². The molecule has 1 aliphatic heterocycles. The number of anilines is 2. The Kier molecular flexibility index (Phi) is 5.47. The van der Waals surface area contributed by atoms with Crippen LogP contribution >= 0.6 is 0 Å². The van der Waals surface area contributed by atoms with Crippen molar-refractivity contribution < 1.29 is 9.59 Å². The fraction of sp³-hybridized carbons (Fsp3) is 0.182. The highest BCUT2D eigenvalue weighted by molar-refractivity contribution is 5.97. The van der Waals surface area contributed by atoms with Crippen LogP contribution in [0.3, 0.4) is 0 Å². The number of aromatic nitrogens is 2. The molecule has 1 aliphatic rings. The van der Waals surface area contributed by atoms with Gasteiger partial charge in [-0.3, -0.25) is 9.59 Å². The lowest BCUT2D eigenvalue weighted by Crippen LogP contribution is -2.52. The second-order valence-electron chi connectivity index (χ2n) is 6.92. The summed E-state index contributed by atoms with van der Waals surface area (Å²) in [7, 11) is 0. The maximum Gasteiger partial charge on any atom is 0.251 e. The van der Waals surface area contributed by atoms with Gasteiger partial charge in [0.05, 0.1) is 5.92 Å². The molecule has 0 bridgehead atoms. The molecule has 7 nitrogen and oxygen atoms in total. The van der Waals surface area contributed by atoms with Crippen LogP contribution in [0.1, 0.15) is 15.9 Å². The average Bonchev–Trinajstić information content (AvgIpc) is 2.73. The van der Waals surface area contributed by atoms with Gasteiger partial charge in [-0.15, -0.1) is 5.10 Å². The predicted octanol–water partition coefficient (Wildman–Crippen LogP) is 2.48. The molecule has 3 aromatic rings. The number of carbonyl (C=O) groups excluding carboxylic acids is 2. The van der Waals surface area contributed by atoms with Crippen LogP contribution in [0.25, 0.3) is 0 Å². The molecule has 29 heavy (non-hydrogen) atoms. The van der Waals surface area contributed by atoms with E-state index < -0.39 is 0 Å². The van der Waals surface area contributed by atoms with Crippen molar-refractivity contribution in [2.45, 2.75) is 6.54 Å². The molecule has 2 heterocycles. The zero-order valence-corrected chi connectivity index (χ0v) is 15.8. The lowest BCUT2D eigenvalue weighted by Gasteiger charge is -2.38. The van der Waals surface area contributed by atoms with Crippen molar-refractivity contribution in [2.75, 3.05) is 23.3 Å². The van der Waals surface area contributed by atoms with Gasteiger partial charge in [0.2, 0.25) is 5.91 Å². The molecule has 4 rings (SSSR count). The average molecular weight is 387 g/mol. The normalized spacial score (nSPS) is 13.4. The van der Waals surface area contributed by atoms with Gasteiger partial charge in [0, 0.05) is 37.1 Å².